The van der Waals surface area contributed by atoms with Gasteiger partial charge in [0.1, 0.15) is 12.6 Å². The Morgan fingerprint density at radius 3 is 2.50 bits per heavy atom. The number of aryl methyl sites for hydroxylation is 1. The molecule has 0 aliphatic rings. The number of carbonyl (C=O) groups excluding carboxylic acids is 1. The van der Waals surface area contributed by atoms with Crippen molar-refractivity contribution in [1.29, 1.82) is 0 Å². The largest absolute Gasteiger partial charge is 0.454 e. The minimum absolute atomic E-state index is 0.112. The molecule has 28 heavy (non-hydrogen) atoms. The summed E-state index contributed by atoms with van der Waals surface area (Å²) in [5.74, 6) is -0.508. The van der Waals surface area contributed by atoms with Crippen LogP contribution in [0.1, 0.15) is 18.6 Å². The quantitative estimate of drug-likeness (QED) is 0.614. The Morgan fingerprint density at radius 1 is 1.18 bits per heavy atom. The summed E-state index contributed by atoms with van der Waals surface area (Å²) in [7, 11) is 4.71. The molecule has 1 aromatic carbocycles. The average molecular weight is 385 g/mol. The average Bonchev–Trinajstić information content (AvgIpc) is 3.12. The zero-order chi connectivity index (χ0) is 20.4. The van der Waals surface area contributed by atoms with E-state index in [1.54, 1.807) is 7.05 Å². The van der Waals surface area contributed by atoms with Crippen LogP contribution in [-0.4, -0.2) is 37.7 Å². The van der Waals surface area contributed by atoms with Crippen LogP contribution in [0.4, 0.5) is 0 Å². The molecule has 2 atom stereocenters. The second-order valence-electron chi connectivity index (χ2n) is 6.65. The third-order valence-corrected chi connectivity index (χ3v) is 4.81. The maximum atomic E-state index is 12.6. The monoisotopic (exact) mass is 385 g/mol. The minimum atomic E-state index is -0.508. The van der Waals surface area contributed by atoms with Crippen LogP contribution in [0.5, 0.6) is 0 Å². The smallest absolute Gasteiger partial charge is 0.332 e. The second kappa shape index (κ2) is 7.81. The molecule has 0 spiro atoms. The molecule has 0 amide bonds. The molecule has 0 aliphatic heterocycles. The van der Waals surface area contributed by atoms with Crippen molar-refractivity contribution in [1.82, 2.24) is 24.0 Å². The maximum Gasteiger partial charge on any atom is 0.332 e. The molecule has 2 heterocycles. The van der Waals surface area contributed by atoms with Gasteiger partial charge >= 0.3 is 11.7 Å². The first-order chi connectivity index (χ1) is 13.3. The van der Waals surface area contributed by atoms with Crippen molar-refractivity contribution in [2.45, 2.75) is 25.6 Å². The first-order valence-electron chi connectivity index (χ1n) is 8.87. The molecule has 2 aromatic heterocycles. The maximum absolute atomic E-state index is 12.6. The first kappa shape index (κ1) is 19.6. The number of hydrogen-bond donors (Lipinski definition) is 1. The third-order valence-electron chi connectivity index (χ3n) is 4.81. The predicted molar refractivity (Wildman–Crippen MR) is 104 cm³/mol. The molecule has 0 saturated carbocycles. The van der Waals surface area contributed by atoms with Crippen LogP contribution in [0.25, 0.3) is 11.2 Å². The van der Waals surface area contributed by atoms with Crippen molar-refractivity contribution in [2.75, 3.05) is 7.05 Å². The number of likely N-dealkylation sites (N-methyl/N-ethyl adjacent to an activating group) is 1. The molecule has 0 aliphatic carbocycles. The van der Waals surface area contributed by atoms with E-state index in [1.807, 2.05) is 37.3 Å². The molecule has 0 radical (unpaired) electrons. The van der Waals surface area contributed by atoms with Crippen molar-refractivity contribution in [2.24, 2.45) is 14.1 Å². The number of hydrogen-bond acceptors (Lipinski definition) is 6. The van der Waals surface area contributed by atoms with E-state index >= 15 is 0 Å². The van der Waals surface area contributed by atoms with Gasteiger partial charge in [-0.25, -0.2) is 9.78 Å². The summed E-state index contributed by atoms with van der Waals surface area (Å²) in [5, 5.41) is 3.10. The normalized spacial score (nSPS) is 13.4. The zero-order valence-electron chi connectivity index (χ0n) is 16.2. The van der Waals surface area contributed by atoms with Crippen molar-refractivity contribution >= 4 is 17.1 Å². The van der Waals surface area contributed by atoms with Gasteiger partial charge in [0.25, 0.3) is 5.56 Å². The van der Waals surface area contributed by atoms with Gasteiger partial charge in [-0.15, -0.1) is 0 Å². The molecule has 3 aromatic rings. The summed E-state index contributed by atoms with van der Waals surface area (Å²) < 4.78 is 9.38. The molecule has 1 N–H and O–H groups in total. The number of ether oxygens (including phenoxy) is 1. The molecule has 0 fully saturated rings. The number of nitrogens with zero attached hydrogens (tertiary/aromatic N) is 4. The summed E-state index contributed by atoms with van der Waals surface area (Å²) in [6.45, 7) is 1.73. The Labute approximate surface area is 161 Å². The van der Waals surface area contributed by atoms with Crippen molar-refractivity contribution in [3.63, 3.8) is 0 Å². The van der Waals surface area contributed by atoms with Gasteiger partial charge in [0.05, 0.1) is 6.33 Å². The number of fused-ring (bicyclic) bond motifs is 1. The summed E-state index contributed by atoms with van der Waals surface area (Å²) in [6, 6.07) is 9.33. The highest BCUT2D eigenvalue weighted by Gasteiger charge is 2.23. The minimum Gasteiger partial charge on any atom is -0.454 e. The van der Waals surface area contributed by atoms with Gasteiger partial charge in [-0.3, -0.25) is 18.7 Å². The standard InChI is InChI=1S/C19H23N5O4/c1-12(20-2)16(13-8-6-5-7-9-13)28-14(25)10-24-11-21-17-15(24)18(26)23(4)19(27)22(17)3/h5-9,11-12,16,20H,10H2,1-4H3. The van der Waals surface area contributed by atoms with Crippen LogP contribution in [0.3, 0.4) is 0 Å². The summed E-state index contributed by atoms with van der Waals surface area (Å²) >= 11 is 0. The summed E-state index contributed by atoms with van der Waals surface area (Å²) in [6.07, 6.45) is 0.881. The lowest BCUT2D eigenvalue weighted by molar-refractivity contribution is -0.151. The van der Waals surface area contributed by atoms with Gasteiger partial charge in [-0.2, -0.15) is 0 Å². The fourth-order valence-corrected chi connectivity index (χ4v) is 3.09. The third kappa shape index (κ3) is 3.48. The number of rotatable bonds is 6. The van der Waals surface area contributed by atoms with E-state index in [0.29, 0.717) is 0 Å². The Balaban J connectivity index is 1.91. The fourth-order valence-electron chi connectivity index (χ4n) is 3.09. The van der Waals surface area contributed by atoms with Gasteiger partial charge in [0.2, 0.25) is 0 Å². The van der Waals surface area contributed by atoms with E-state index in [1.165, 1.54) is 29.6 Å². The summed E-state index contributed by atoms with van der Waals surface area (Å²) in [5.41, 5.74) is 0.291. The van der Waals surface area contributed by atoms with E-state index in [0.717, 1.165) is 10.1 Å². The fraction of sp³-hybridized carbons (Fsp3) is 0.368. The molecule has 148 valence electrons. The van der Waals surface area contributed by atoms with Gasteiger partial charge in [0, 0.05) is 20.1 Å². The molecule has 0 bridgehead atoms. The highest BCUT2D eigenvalue weighted by atomic mass is 16.5. The number of imidazole rings is 1. The summed E-state index contributed by atoms with van der Waals surface area (Å²) in [4.78, 5) is 41.3. The lowest BCUT2D eigenvalue weighted by Crippen LogP contribution is -2.38. The van der Waals surface area contributed by atoms with Crippen LogP contribution in [-0.2, 0) is 30.2 Å². The number of aromatic nitrogens is 4. The molecular weight excluding hydrogens is 362 g/mol. The first-order valence-corrected chi connectivity index (χ1v) is 8.87. The van der Waals surface area contributed by atoms with E-state index in [2.05, 4.69) is 10.3 Å². The Bertz CT molecular complexity index is 1110. The Kier molecular flexibility index (Phi) is 5.46. The highest BCUT2D eigenvalue weighted by Crippen LogP contribution is 2.21. The van der Waals surface area contributed by atoms with E-state index in [4.69, 9.17) is 4.74 Å². The van der Waals surface area contributed by atoms with E-state index in [9.17, 15) is 14.4 Å². The Morgan fingerprint density at radius 2 is 1.86 bits per heavy atom. The number of benzene rings is 1. The lowest BCUT2D eigenvalue weighted by Gasteiger charge is -2.24. The highest BCUT2D eigenvalue weighted by molar-refractivity contribution is 5.75. The SMILES string of the molecule is CNC(C)C(OC(=O)Cn1cnc2c1c(=O)n(C)c(=O)n2C)c1ccccc1. The van der Waals surface area contributed by atoms with Crippen molar-refractivity contribution in [3.05, 3.63) is 63.1 Å². The number of esters is 1. The van der Waals surface area contributed by atoms with Crippen molar-refractivity contribution in [3.8, 4) is 0 Å². The van der Waals surface area contributed by atoms with Crippen LogP contribution in [0, 0.1) is 0 Å². The molecule has 9 heteroatoms. The van der Waals surface area contributed by atoms with E-state index in [-0.39, 0.29) is 23.8 Å². The molecule has 3 rings (SSSR count). The Hall–Kier alpha value is -3.20. The van der Waals surface area contributed by atoms with Crippen LogP contribution in [0.2, 0.25) is 0 Å². The molecular formula is C19H23N5O4. The molecule has 9 nitrogen and oxygen atoms in total. The molecule has 2 unspecified atom stereocenters. The van der Waals surface area contributed by atoms with Crippen LogP contribution < -0.4 is 16.6 Å². The lowest BCUT2D eigenvalue weighted by atomic mass is 10.0. The van der Waals surface area contributed by atoms with Crippen LogP contribution in [0.15, 0.2) is 46.2 Å². The number of carbonyl (C=O) groups is 1. The topological polar surface area (TPSA) is 100 Å². The van der Waals surface area contributed by atoms with Crippen molar-refractivity contribution < 1.29 is 9.53 Å². The molecule has 0 saturated heterocycles. The number of nitrogens with one attached hydrogen (secondary N) is 1. The predicted octanol–water partition coefficient (Wildman–Crippen LogP) is 0.326. The zero-order valence-corrected chi connectivity index (χ0v) is 16.2. The van der Waals surface area contributed by atoms with Gasteiger partial charge in [0.15, 0.2) is 11.2 Å². The van der Waals surface area contributed by atoms with Gasteiger partial charge < -0.3 is 14.6 Å². The van der Waals surface area contributed by atoms with Crippen LogP contribution >= 0.6 is 0 Å². The van der Waals surface area contributed by atoms with E-state index < -0.39 is 23.3 Å². The van der Waals surface area contributed by atoms with Gasteiger partial charge in [-0.1, -0.05) is 30.3 Å². The second-order valence-corrected chi connectivity index (χ2v) is 6.65. The van der Waals surface area contributed by atoms with Gasteiger partial charge in [-0.05, 0) is 19.5 Å².